The summed E-state index contributed by atoms with van der Waals surface area (Å²) in [7, 11) is 0. The molecule has 0 aliphatic heterocycles. The van der Waals surface area contributed by atoms with Crippen LogP contribution in [-0.2, 0) is 9.59 Å². The van der Waals surface area contributed by atoms with E-state index >= 15 is 0 Å². The molecule has 2 saturated carbocycles. The summed E-state index contributed by atoms with van der Waals surface area (Å²) in [5, 5.41) is 0. The van der Waals surface area contributed by atoms with Gasteiger partial charge in [0, 0.05) is 12.8 Å². The Morgan fingerprint density at radius 2 is 1.79 bits per heavy atom. The third-order valence-electron chi connectivity index (χ3n) is 4.33. The highest BCUT2D eigenvalue weighted by atomic mass is 16.2. The summed E-state index contributed by atoms with van der Waals surface area (Å²) in [6, 6.07) is 0. The highest BCUT2D eigenvalue weighted by Gasteiger charge is 2.53. The molecule has 14 heavy (non-hydrogen) atoms. The molecule has 0 heterocycles. The molecule has 0 aromatic rings. The van der Waals surface area contributed by atoms with Crippen LogP contribution in [0.25, 0.3) is 0 Å². The lowest BCUT2D eigenvalue weighted by molar-refractivity contribution is -0.139. The molecule has 2 heteroatoms. The summed E-state index contributed by atoms with van der Waals surface area (Å²) in [5.41, 5.74) is -0.615. The van der Waals surface area contributed by atoms with Gasteiger partial charge in [0.1, 0.15) is 11.6 Å². The lowest BCUT2D eigenvalue weighted by Crippen LogP contribution is -2.38. The van der Waals surface area contributed by atoms with E-state index in [0.29, 0.717) is 24.7 Å². The molecule has 0 aromatic heterocycles. The van der Waals surface area contributed by atoms with Gasteiger partial charge in [-0.1, -0.05) is 6.92 Å². The molecular weight excluding hydrogens is 176 g/mol. The molecule has 2 nitrogen and oxygen atoms in total. The van der Waals surface area contributed by atoms with Crippen molar-refractivity contribution in [2.75, 3.05) is 0 Å². The number of rotatable bonds is 0. The quantitative estimate of drug-likeness (QED) is 0.555. The second-order valence-electron chi connectivity index (χ2n) is 5.06. The third-order valence-corrected chi connectivity index (χ3v) is 4.33. The number of fused-ring (bicyclic) bond motifs is 1. The maximum Gasteiger partial charge on any atom is 0.146 e. The Bertz CT molecular complexity index is 282. The largest absolute Gasteiger partial charge is 0.299 e. The predicted octanol–water partition coefficient (Wildman–Crippen LogP) is 2.36. The van der Waals surface area contributed by atoms with E-state index < -0.39 is 5.41 Å². The molecule has 0 saturated heterocycles. The second-order valence-corrected chi connectivity index (χ2v) is 5.06. The van der Waals surface area contributed by atoms with Crippen molar-refractivity contribution in [2.24, 2.45) is 17.3 Å². The van der Waals surface area contributed by atoms with Crippen LogP contribution in [0.5, 0.6) is 0 Å². The Hall–Kier alpha value is -0.660. The van der Waals surface area contributed by atoms with Gasteiger partial charge in [-0.05, 0) is 38.0 Å². The van der Waals surface area contributed by atoms with Gasteiger partial charge < -0.3 is 0 Å². The van der Waals surface area contributed by atoms with Gasteiger partial charge in [-0.2, -0.15) is 0 Å². The maximum atomic E-state index is 12.0. The Labute approximate surface area is 85.1 Å². The van der Waals surface area contributed by atoms with E-state index in [1.54, 1.807) is 0 Å². The van der Waals surface area contributed by atoms with Gasteiger partial charge in [0.15, 0.2) is 0 Å². The van der Waals surface area contributed by atoms with Crippen LogP contribution < -0.4 is 0 Å². The molecule has 0 radical (unpaired) electrons. The average Bonchev–Trinajstić information content (AvgIpc) is 2.39. The normalized spacial score (nSPS) is 43.6. The fourth-order valence-corrected chi connectivity index (χ4v) is 3.30. The first-order valence-corrected chi connectivity index (χ1v) is 5.63. The van der Waals surface area contributed by atoms with Crippen molar-refractivity contribution in [1.82, 2.24) is 0 Å². The van der Waals surface area contributed by atoms with E-state index in [-0.39, 0.29) is 11.6 Å². The fraction of sp³-hybridized carbons (Fsp3) is 0.833. The summed E-state index contributed by atoms with van der Waals surface area (Å²) in [4.78, 5) is 23.8. The van der Waals surface area contributed by atoms with Crippen LogP contribution in [0.1, 0.15) is 46.0 Å². The molecule has 2 fully saturated rings. The monoisotopic (exact) mass is 194 g/mol. The Kier molecular flexibility index (Phi) is 2.24. The van der Waals surface area contributed by atoms with Gasteiger partial charge in [-0.25, -0.2) is 0 Å². The molecule has 2 rings (SSSR count). The first kappa shape index (κ1) is 9.88. The van der Waals surface area contributed by atoms with Crippen molar-refractivity contribution in [3.05, 3.63) is 0 Å². The lowest BCUT2D eigenvalue weighted by Gasteiger charge is -2.29. The van der Waals surface area contributed by atoms with E-state index in [1.807, 2.05) is 6.92 Å². The van der Waals surface area contributed by atoms with Crippen LogP contribution in [0.4, 0.5) is 0 Å². The van der Waals surface area contributed by atoms with Crippen molar-refractivity contribution >= 4 is 11.6 Å². The molecule has 0 N–H and O–H groups in total. The molecule has 0 aromatic carbocycles. The topological polar surface area (TPSA) is 34.1 Å². The molecule has 3 atom stereocenters. The van der Waals surface area contributed by atoms with Crippen LogP contribution in [0.2, 0.25) is 0 Å². The van der Waals surface area contributed by atoms with Crippen LogP contribution in [-0.4, -0.2) is 11.6 Å². The average molecular weight is 194 g/mol. The molecule has 0 amide bonds. The molecule has 0 bridgehead atoms. The van der Waals surface area contributed by atoms with E-state index in [0.717, 1.165) is 19.3 Å². The van der Waals surface area contributed by atoms with Gasteiger partial charge in [0.05, 0.1) is 5.41 Å². The maximum absolute atomic E-state index is 12.0. The zero-order valence-corrected chi connectivity index (χ0v) is 9.01. The number of hydrogen-bond donors (Lipinski definition) is 0. The van der Waals surface area contributed by atoms with Crippen molar-refractivity contribution in [3.8, 4) is 0 Å². The summed E-state index contributed by atoms with van der Waals surface area (Å²) in [6.45, 7) is 4.08. The molecule has 0 unspecified atom stereocenters. The number of carbonyl (C=O) groups excluding carboxylic acids is 2. The highest BCUT2D eigenvalue weighted by Crippen LogP contribution is 2.48. The molecule has 2 aliphatic carbocycles. The first-order chi connectivity index (χ1) is 6.56. The van der Waals surface area contributed by atoms with E-state index in [2.05, 4.69) is 6.92 Å². The van der Waals surface area contributed by atoms with E-state index in [4.69, 9.17) is 0 Å². The van der Waals surface area contributed by atoms with Crippen molar-refractivity contribution in [3.63, 3.8) is 0 Å². The minimum atomic E-state index is -0.615. The van der Waals surface area contributed by atoms with E-state index in [1.165, 1.54) is 0 Å². The number of ketones is 2. The van der Waals surface area contributed by atoms with Gasteiger partial charge in [-0.3, -0.25) is 9.59 Å². The summed E-state index contributed by atoms with van der Waals surface area (Å²) < 4.78 is 0. The summed E-state index contributed by atoms with van der Waals surface area (Å²) in [6.07, 6.45) is 4.25. The minimum absolute atomic E-state index is 0.196. The zero-order valence-electron chi connectivity index (χ0n) is 9.01. The molecule has 0 spiro atoms. The van der Waals surface area contributed by atoms with Crippen LogP contribution in [0.15, 0.2) is 0 Å². The molecular formula is C12H18O2. The SMILES string of the molecule is C[C@@H]1CCCC(=O)[C@@]2(C)C(=O)CC[C@H]12. The lowest BCUT2D eigenvalue weighted by atomic mass is 9.71. The molecule has 78 valence electrons. The summed E-state index contributed by atoms with van der Waals surface area (Å²) >= 11 is 0. The highest BCUT2D eigenvalue weighted by molar-refractivity contribution is 6.08. The molecule has 2 aliphatic rings. The number of hydrogen-bond acceptors (Lipinski definition) is 2. The number of carbonyl (C=O) groups is 2. The first-order valence-electron chi connectivity index (χ1n) is 5.63. The standard InChI is InChI=1S/C12H18O2/c1-8-4-3-5-10(13)12(2)9(8)6-7-11(12)14/h8-9H,3-7H2,1-2H3/t8-,9-,12+/m1/s1. The van der Waals surface area contributed by atoms with Crippen molar-refractivity contribution in [1.29, 1.82) is 0 Å². The second kappa shape index (κ2) is 3.18. The minimum Gasteiger partial charge on any atom is -0.299 e. The van der Waals surface area contributed by atoms with Crippen LogP contribution in [0.3, 0.4) is 0 Å². The Morgan fingerprint density at radius 3 is 2.50 bits per heavy atom. The van der Waals surface area contributed by atoms with Gasteiger partial charge in [-0.15, -0.1) is 0 Å². The van der Waals surface area contributed by atoms with Gasteiger partial charge >= 0.3 is 0 Å². The van der Waals surface area contributed by atoms with E-state index in [9.17, 15) is 9.59 Å². The van der Waals surface area contributed by atoms with Crippen LogP contribution in [0, 0.1) is 17.3 Å². The van der Waals surface area contributed by atoms with Crippen molar-refractivity contribution in [2.45, 2.75) is 46.0 Å². The zero-order chi connectivity index (χ0) is 10.3. The number of Topliss-reactive ketones (excluding diaryl/α,β-unsaturated/α-hetero) is 2. The fourth-order valence-electron chi connectivity index (χ4n) is 3.30. The summed E-state index contributed by atoms with van der Waals surface area (Å²) in [5.74, 6) is 1.26. The smallest absolute Gasteiger partial charge is 0.146 e. The third kappa shape index (κ3) is 1.16. The van der Waals surface area contributed by atoms with Gasteiger partial charge in [0.25, 0.3) is 0 Å². The Balaban J connectivity index is 2.39. The van der Waals surface area contributed by atoms with Gasteiger partial charge in [0.2, 0.25) is 0 Å². The van der Waals surface area contributed by atoms with Crippen molar-refractivity contribution < 1.29 is 9.59 Å². The Morgan fingerprint density at radius 1 is 1.14 bits per heavy atom. The predicted molar refractivity (Wildman–Crippen MR) is 53.9 cm³/mol. The van der Waals surface area contributed by atoms with Crippen LogP contribution >= 0.6 is 0 Å².